The lowest BCUT2D eigenvalue weighted by Crippen LogP contribution is -2.51. The van der Waals surface area contributed by atoms with Crippen molar-refractivity contribution in [1.82, 2.24) is 9.62 Å². The second kappa shape index (κ2) is 8.56. The molecule has 7 heteroatoms. The van der Waals surface area contributed by atoms with Crippen molar-refractivity contribution in [1.29, 1.82) is 10.7 Å². The molecule has 0 aromatic heterocycles. The van der Waals surface area contributed by atoms with Crippen LogP contribution in [0.3, 0.4) is 0 Å². The minimum atomic E-state index is -4.01. The van der Waals surface area contributed by atoms with E-state index in [1.54, 1.807) is 24.3 Å². The van der Waals surface area contributed by atoms with Crippen LogP contribution >= 0.6 is 0 Å². The Labute approximate surface area is 184 Å². The van der Waals surface area contributed by atoms with Crippen molar-refractivity contribution in [3.63, 3.8) is 0 Å². The van der Waals surface area contributed by atoms with E-state index in [-0.39, 0.29) is 21.8 Å². The van der Waals surface area contributed by atoms with Crippen LogP contribution in [0.5, 0.6) is 0 Å². The third-order valence-corrected chi connectivity index (χ3v) is 6.93. The van der Waals surface area contributed by atoms with Crippen LogP contribution in [0.15, 0.2) is 70.8 Å². The fourth-order valence-corrected chi connectivity index (χ4v) is 5.30. The lowest BCUT2D eigenvalue weighted by molar-refractivity contribution is 0.379. The number of amidine groups is 1. The van der Waals surface area contributed by atoms with E-state index in [9.17, 15) is 13.7 Å². The van der Waals surface area contributed by atoms with Crippen molar-refractivity contribution >= 4 is 15.9 Å². The number of nitrogens with one attached hydrogen (secondary N) is 2. The van der Waals surface area contributed by atoms with Gasteiger partial charge in [0.15, 0.2) is 5.84 Å². The molecule has 3 rings (SSSR count). The third-order valence-electron chi connectivity index (χ3n) is 5.06. The second-order valence-electron chi connectivity index (χ2n) is 8.85. The first-order valence-electron chi connectivity index (χ1n) is 10.2. The Morgan fingerprint density at radius 1 is 1.13 bits per heavy atom. The Morgan fingerprint density at radius 3 is 2.29 bits per heavy atom. The predicted molar refractivity (Wildman–Crippen MR) is 122 cm³/mol. The molecule has 0 amide bonds. The summed E-state index contributed by atoms with van der Waals surface area (Å²) in [7, 11) is -4.01. The van der Waals surface area contributed by atoms with Gasteiger partial charge in [0.05, 0.1) is 10.9 Å². The fourth-order valence-electron chi connectivity index (χ4n) is 3.72. The molecule has 0 fully saturated rings. The molecule has 1 heterocycles. The first-order chi connectivity index (χ1) is 14.5. The van der Waals surface area contributed by atoms with Crippen molar-refractivity contribution in [3.8, 4) is 6.07 Å². The predicted octanol–water partition coefficient (Wildman–Crippen LogP) is 4.14. The van der Waals surface area contributed by atoms with Crippen LogP contribution in [-0.2, 0) is 16.4 Å². The zero-order valence-corrected chi connectivity index (χ0v) is 19.1. The molecule has 2 aromatic carbocycles. The van der Waals surface area contributed by atoms with Gasteiger partial charge in [-0.3, -0.25) is 5.41 Å². The van der Waals surface area contributed by atoms with Gasteiger partial charge in [-0.05, 0) is 51.8 Å². The standard InChI is InChI=1S/C24H28N4O2S/c1-17-10-12-20(13-11-17)31(29,30)28-19(14-18-8-6-5-7-9-18)15-22(27-24(2,3)4)21(16-25)23(28)26/h5-13,19,26-27H,14-15H2,1-4H3. The van der Waals surface area contributed by atoms with Crippen molar-refractivity contribution in [2.75, 3.05) is 0 Å². The number of aryl methyl sites for hydroxylation is 1. The Bertz CT molecular complexity index is 1140. The number of rotatable bonds is 5. The van der Waals surface area contributed by atoms with E-state index in [4.69, 9.17) is 5.41 Å². The quantitative estimate of drug-likeness (QED) is 0.736. The summed E-state index contributed by atoms with van der Waals surface area (Å²) >= 11 is 0. The minimum absolute atomic E-state index is 0.0647. The first kappa shape index (κ1) is 22.6. The smallest absolute Gasteiger partial charge is 0.265 e. The zero-order valence-electron chi connectivity index (χ0n) is 18.3. The molecule has 2 N–H and O–H groups in total. The van der Waals surface area contributed by atoms with Gasteiger partial charge in [-0.2, -0.15) is 5.26 Å². The fraction of sp³-hybridized carbons (Fsp3) is 0.333. The van der Waals surface area contributed by atoms with Gasteiger partial charge in [0, 0.05) is 17.7 Å². The summed E-state index contributed by atoms with van der Waals surface area (Å²) in [4.78, 5) is 0.116. The van der Waals surface area contributed by atoms with Gasteiger partial charge in [-0.25, -0.2) is 12.7 Å². The molecular weight excluding hydrogens is 408 g/mol. The monoisotopic (exact) mass is 436 g/mol. The summed E-state index contributed by atoms with van der Waals surface area (Å²) in [6.45, 7) is 7.80. The summed E-state index contributed by atoms with van der Waals surface area (Å²) in [5, 5.41) is 21.8. The summed E-state index contributed by atoms with van der Waals surface area (Å²) in [6, 6.07) is 17.7. The van der Waals surface area contributed by atoms with Gasteiger partial charge >= 0.3 is 0 Å². The summed E-state index contributed by atoms with van der Waals surface area (Å²) < 4.78 is 28.3. The highest BCUT2D eigenvalue weighted by molar-refractivity contribution is 7.89. The van der Waals surface area contributed by atoms with E-state index in [1.807, 2.05) is 58.0 Å². The molecule has 0 saturated heterocycles. The van der Waals surface area contributed by atoms with Crippen LogP contribution < -0.4 is 5.32 Å². The van der Waals surface area contributed by atoms with E-state index in [0.717, 1.165) is 15.4 Å². The Balaban J connectivity index is 2.12. The minimum Gasteiger partial charge on any atom is -0.383 e. The number of sulfonamides is 1. The van der Waals surface area contributed by atoms with E-state index in [0.29, 0.717) is 18.5 Å². The maximum Gasteiger partial charge on any atom is 0.265 e. The Kier molecular flexibility index (Phi) is 6.23. The second-order valence-corrected chi connectivity index (χ2v) is 10.7. The zero-order chi connectivity index (χ0) is 22.8. The van der Waals surface area contributed by atoms with E-state index in [1.165, 1.54) is 0 Å². The SMILES string of the molecule is Cc1ccc(S(=O)(=O)N2C(=N)C(C#N)=C(NC(C)(C)C)CC2Cc2ccccc2)cc1. The van der Waals surface area contributed by atoms with Crippen LogP contribution in [-0.4, -0.2) is 30.1 Å². The van der Waals surface area contributed by atoms with Gasteiger partial charge in [-0.15, -0.1) is 0 Å². The molecule has 1 aliphatic heterocycles. The van der Waals surface area contributed by atoms with Crippen molar-refractivity contribution < 1.29 is 8.42 Å². The Morgan fingerprint density at radius 2 is 1.74 bits per heavy atom. The largest absolute Gasteiger partial charge is 0.383 e. The van der Waals surface area contributed by atoms with Crippen LogP contribution in [0.1, 0.15) is 38.3 Å². The van der Waals surface area contributed by atoms with Crippen molar-refractivity contribution in [3.05, 3.63) is 77.0 Å². The van der Waals surface area contributed by atoms with E-state index < -0.39 is 16.1 Å². The molecule has 1 aliphatic rings. The lowest BCUT2D eigenvalue weighted by atomic mass is 9.94. The maximum atomic E-state index is 13.6. The highest BCUT2D eigenvalue weighted by atomic mass is 32.2. The third kappa shape index (κ3) is 4.97. The van der Waals surface area contributed by atoms with Gasteiger partial charge in [-0.1, -0.05) is 48.0 Å². The topological polar surface area (TPSA) is 97.1 Å². The number of nitriles is 1. The average molecular weight is 437 g/mol. The molecule has 0 aliphatic carbocycles. The Hall–Kier alpha value is -3.11. The maximum absolute atomic E-state index is 13.6. The molecule has 2 aromatic rings. The lowest BCUT2D eigenvalue weighted by Gasteiger charge is -2.39. The molecule has 1 atom stereocenters. The number of hydrogen-bond donors (Lipinski definition) is 2. The van der Waals surface area contributed by atoms with Crippen LogP contribution in [0.25, 0.3) is 0 Å². The molecule has 0 spiro atoms. The van der Waals surface area contributed by atoms with E-state index in [2.05, 4.69) is 11.4 Å². The molecular formula is C24H28N4O2S. The normalized spacial score (nSPS) is 17.5. The van der Waals surface area contributed by atoms with Gasteiger partial charge in [0.2, 0.25) is 0 Å². The van der Waals surface area contributed by atoms with Gasteiger partial charge in [0.25, 0.3) is 10.0 Å². The number of benzene rings is 2. The van der Waals surface area contributed by atoms with Crippen LogP contribution in [0.2, 0.25) is 0 Å². The molecule has 31 heavy (non-hydrogen) atoms. The molecule has 162 valence electrons. The van der Waals surface area contributed by atoms with Crippen molar-refractivity contribution in [2.24, 2.45) is 0 Å². The van der Waals surface area contributed by atoms with Crippen molar-refractivity contribution in [2.45, 2.75) is 57.0 Å². The first-order valence-corrected chi connectivity index (χ1v) is 11.6. The summed E-state index contributed by atoms with van der Waals surface area (Å²) in [5.74, 6) is -0.290. The molecule has 0 radical (unpaired) electrons. The molecule has 0 saturated carbocycles. The van der Waals surface area contributed by atoms with Crippen LogP contribution in [0.4, 0.5) is 0 Å². The molecule has 0 bridgehead atoms. The molecule has 1 unspecified atom stereocenters. The molecule has 6 nitrogen and oxygen atoms in total. The average Bonchev–Trinajstić information content (AvgIpc) is 2.68. The van der Waals surface area contributed by atoms with Gasteiger partial charge in [0.1, 0.15) is 11.6 Å². The van der Waals surface area contributed by atoms with E-state index >= 15 is 0 Å². The summed E-state index contributed by atoms with van der Waals surface area (Å²) in [5.41, 5.74) is 2.27. The van der Waals surface area contributed by atoms with Gasteiger partial charge < -0.3 is 5.32 Å². The highest BCUT2D eigenvalue weighted by Gasteiger charge is 2.40. The number of nitrogens with zero attached hydrogens (tertiary/aromatic N) is 2. The van der Waals surface area contributed by atoms with Crippen LogP contribution in [0, 0.1) is 23.7 Å². The highest BCUT2D eigenvalue weighted by Crippen LogP contribution is 2.32. The number of hydrogen-bond acceptors (Lipinski definition) is 5. The summed E-state index contributed by atoms with van der Waals surface area (Å²) in [6.07, 6.45) is 0.755.